The van der Waals surface area contributed by atoms with Gasteiger partial charge in [-0.2, -0.15) is 0 Å². The van der Waals surface area contributed by atoms with Crippen molar-refractivity contribution in [3.05, 3.63) is 59.2 Å². The Labute approximate surface area is 155 Å². The van der Waals surface area contributed by atoms with E-state index in [0.717, 1.165) is 48.3 Å². The summed E-state index contributed by atoms with van der Waals surface area (Å²) < 4.78 is 29.5. The second kappa shape index (κ2) is 6.98. The topological polar surface area (TPSA) is 61.4 Å². The van der Waals surface area contributed by atoms with Crippen molar-refractivity contribution in [3.8, 4) is 0 Å². The van der Waals surface area contributed by atoms with Crippen LogP contribution in [0.5, 0.6) is 0 Å². The number of hydrogen-bond acceptors (Lipinski definition) is 2. The average molecular weight is 371 g/mol. The number of amides is 3. The molecule has 0 saturated heterocycles. The summed E-state index contributed by atoms with van der Waals surface area (Å²) in [5, 5.41) is 5.42. The molecule has 140 valence electrons. The quantitative estimate of drug-likeness (QED) is 0.850. The fourth-order valence-electron chi connectivity index (χ4n) is 3.68. The Bertz CT molecular complexity index is 910. The van der Waals surface area contributed by atoms with Gasteiger partial charge in [0.2, 0.25) is 0 Å². The van der Waals surface area contributed by atoms with Crippen LogP contribution in [0.3, 0.4) is 0 Å². The summed E-state index contributed by atoms with van der Waals surface area (Å²) in [6, 6.07) is 8.56. The number of halogens is 2. The lowest BCUT2D eigenvalue weighted by molar-refractivity contribution is 0.0933. The molecule has 2 N–H and O–H groups in total. The van der Waals surface area contributed by atoms with E-state index in [2.05, 4.69) is 10.6 Å². The average Bonchev–Trinajstić information content (AvgIpc) is 3.15. The maximum absolute atomic E-state index is 15.1. The zero-order valence-electron chi connectivity index (χ0n) is 14.6. The highest BCUT2D eigenvalue weighted by molar-refractivity contribution is 6.05. The third-order valence-electron chi connectivity index (χ3n) is 5.10. The van der Waals surface area contributed by atoms with Crippen LogP contribution in [0.1, 0.15) is 41.6 Å². The molecule has 1 saturated carbocycles. The van der Waals surface area contributed by atoms with Gasteiger partial charge < -0.3 is 10.6 Å². The van der Waals surface area contributed by atoms with Gasteiger partial charge in [-0.15, -0.1) is 0 Å². The predicted octanol–water partition coefficient (Wildman–Crippen LogP) is 4.19. The molecule has 0 atom stereocenters. The molecular weight excluding hydrogens is 352 g/mol. The summed E-state index contributed by atoms with van der Waals surface area (Å²) in [4.78, 5) is 25.8. The van der Waals surface area contributed by atoms with Crippen molar-refractivity contribution < 1.29 is 18.4 Å². The number of para-hydroxylation sites is 1. The van der Waals surface area contributed by atoms with Gasteiger partial charge >= 0.3 is 6.03 Å². The number of nitrogens with zero attached hydrogens (tertiary/aromatic N) is 1. The van der Waals surface area contributed by atoms with Gasteiger partial charge in [0.25, 0.3) is 5.91 Å². The van der Waals surface area contributed by atoms with Crippen LogP contribution in [0, 0.1) is 11.6 Å². The van der Waals surface area contributed by atoms with E-state index in [1.54, 1.807) is 24.3 Å². The molecule has 2 aromatic carbocycles. The Kier molecular flexibility index (Phi) is 4.51. The molecule has 1 heterocycles. The summed E-state index contributed by atoms with van der Waals surface area (Å²) in [5.41, 5.74) is 0.567. The van der Waals surface area contributed by atoms with Crippen molar-refractivity contribution >= 4 is 23.3 Å². The molecule has 27 heavy (non-hydrogen) atoms. The van der Waals surface area contributed by atoms with E-state index in [9.17, 15) is 14.0 Å². The van der Waals surface area contributed by atoms with Crippen molar-refractivity contribution in [3.63, 3.8) is 0 Å². The van der Waals surface area contributed by atoms with Gasteiger partial charge in [-0.05, 0) is 36.6 Å². The minimum atomic E-state index is -1.03. The minimum absolute atomic E-state index is 0.00978. The molecule has 0 aromatic heterocycles. The fraction of sp³-hybridized carbons (Fsp3) is 0.300. The third-order valence-corrected chi connectivity index (χ3v) is 5.10. The van der Waals surface area contributed by atoms with Gasteiger partial charge in [0.05, 0.1) is 12.1 Å². The van der Waals surface area contributed by atoms with Crippen LogP contribution >= 0.6 is 0 Å². The van der Waals surface area contributed by atoms with E-state index in [1.165, 1.54) is 0 Å². The summed E-state index contributed by atoms with van der Waals surface area (Å²) >= 11 is 0. The summed E-state index contributed by atoms with van der Waals surface area (Å²) in [6.45, 7) is 0.0174. The van der Waals surface area contributed by atoms with Crippen LogP contribution in [-0.4, -0.2) is 18.0 Å². The molecule has 1 aliphatic heterocycles. The lowest BCUT2D eigenvalue weighted by Crippen LogP contribution is -2.40. The first-order chi connectivity index (χ1) is 13.0. The maximum atomic E-state index is 15.1. The molecule has 4 rings (SSSR count). The van der Waals surface area contributed by atoms with Crippen LogP contribution in [0.25, 0.3) is 0 Å². The first-order valence-electron chi connectivity index (χ1n) is 9.00. The summed E-state index contributed by atoms with van der Waals surface area (Å²) in [6.07, 6.45) is 3.75. The fourth-order valence-corrected chi connectivity index (χ4v) is 3.68. The Hall–Kier alpha value is -2.96. The zero-order chi connectivity index (χ0) is 19.0. The monoisotopic (exact) mass is 371 g/mol. The van der Waals surface area contributed by atoms with Gasteiger partial charge in [-0.3, -0.25) is 9.69 Å². The molecule has 7 heteroatoms. The molecule has 0 spiro atoms. The molecule has 5 nitrogen and oxygen atoms in total. The number of fused-ring (bicyclic) bond motifs is 1. The summed E-state index contributed by atoms with van der Waals surface area (Å²) in [5.74, 6) is -2.50. The van der Waals surface area contributed by atoms with Crippen molar-refractivity contribution in [2.24, 2.45) is 0 Å². The molecule has 0 radical (unpaired) electrons. The van der Waals surface area contributed by atoms with Crippen LogP contribution in [0.4, 0.5) is 25.0 Å². The van der Waals surface area contributed by atoms with Crippen molar-refractivity contribution in [2.45, 2.75) is 38.3 Å². The maximum Gasteiger partial charge on any atom is 0.326 e. The molecule has 1 fully saturated rings. The van der Waals surface area contributed by atoms with E-state index >= 15 is 4.39 Å². The number of anilines is 2. The first kappa shape index (κ1) is 17.5. The van der Waals surface area contributed by atoms with Crippen molar-refractivity contribution in [2.75, 3.05) is 10.2 Å². The highest BCUT2D eigenvalue weighted by atomic mass is 19.1. The zero-order valence-corrected chi connectivity index (χ0v) is 14.6. The third kappa shape index (κ3) is 3.25. The highest BCUT2D eigenvalue weighted by Crippen LogP contribution is 2.32. The second-order valence-electron chi connectivity index (χ2n) is 6.89. The number of urea groups is 1. The second-order valence-corrected chi connectivity index (χ2v) is 6.89. The van der Waals surface area contributed by atoms with E-state index in [4.69, 9.17) is 0 Å². The van der Waals surface area contributed by atoms with Gasteiger partial charge in [0.1, 0.15) is 11.5 Å². The van der Waals surface area contributed by atoms with Gasteiger partial charge in [-0.1, -0.05) is 31.0 Å². The van der Waals surface area contributed by atoms with E-state index in [-0.39, 0.29) is 18.2 Å². The number of carbonyl (C=O) groups is 2. The van der Waals surface area contributed by atoms with E-state index in [1.807, 2.05) is 0 Å². The number of hydrogen-bond donors (Lipinski definition) is 2. The van der Waals surface area contributed by atoms with Gasteiger partial charge in [0.15, 0.2) is 5.82 Å². The molecule has 0 unspecified atom stereocenters. The van der Waals surface area contributed by atoms with Gasteiger partial charge in [-0.25, -0.2) is 13.6 Å². The van der Waals surface area contributed by atoms with E-state index < -0.39 is 29.3 Å². The SMILES string of the molecule is O=C(NC1CCCC1)c1ccc(F)c(N2Cc3ccccc3NC2=O)c1F. The van der Waals surface area contributed by atoms with Crippen LogP contribution in [-0.2, 0) is 6.54 Å². The number of rotatable bonds is 3. The molecule has 3 amide bonds. The molecule has 1 aliphatic carbocycles. The molecule has 2 aromatic rings. The minimum Gasteiger partial charge on any atom is -0.349 e. The van der Waals surface area contributed by atoms with Gasteiger partial charge in [0, 0.05) is 11.7 Å². The predicted molar refractivity (Wildman–Crippen MR) is 97.7 cm³/mol. The summed E-state index contributed by atoms with van der Waals surface area (Å²) in [7, 11) is 0. The Morgan fingerprint density at radius 3 is 2.63 bits per heavy atom. The lowest BCUT2D eigenvalue weighted by Gasteiger charge is -2.30. The number of carbonyl (C=O) groups excluding carboxylic acids is 2. The van der Waals surface area contributed by atoms with Crippen LogP contribution < -0.4 is 15.5 Å². The van der Waals surface area contributed by atoms with E-state index in [0.29, 0.717) is 5.69 Å². The van der Waals surface area contributed by atoms with Crippen LogP contribution in [0.15, 0.2) is 36.4 Å². The van der Waals surface area contributed by atoms with Crippen molar-refractivity contribution in [1.29, 1.82) is 0 Å². The molecular formula is C20H19F2N3O2. The highest BCUT2D eigenvalue weighted by Gasteiger charge is 2.31. The van der Waals surface area contributed by atoms with Crippen LogP contribution in [0.2, 0.25) is 0 Å². The number of benzene rings is 2. The standard InChI is InChI=1S/C20H19F2N3O2/c21-15-10-9-14(19(26)23-13-6-2-3-7-13)17(22)18(15)25-11-12-5-1-4-8-16(12)24-20(25)27/h1,4-5,8-10,13H,2-3,6-7,11H2,(H,23,26)(H,24,27). The Morgan fingerprint density at radius 2 is 1.85 bits per heavy atom. The smallest absolute Gasteiger partial charge is 0.326 e. The molecule has 0 bridgehead atoms. The Morgan fingerprint density at radius 1 is 1.11 bits per heavy atom. The lowest BCUT2D eigenvalue weighted by atomic mass is 10.1. The first-order valence-corrected chi connectivity index (χ1v) is 9.00. The molecule has 2 aliphatic rings. The normalized spacial score (nSPS) is 16.8. The Balaban J connectivity index is 1.66. The largest absolute Gasteiger partial charge is 0.349 e. The van der Waals surface area contributed by atoms with Crippen molar-refractivity contribution in [1.82, 2.24) is 5.32 Å². The number of nitrogens with one attached hydrogen (secondary N) is 2.